The van der Waals surface area contributed by atoms with E-state index in [1.807, 2.05) is 18.2 Å². The lowest BCUT2D eigenvalue weighted by molar-refractivity contribution is -0.0493. The number of nitrogens with one attached hydrogen (secondary N) is 3. The molecule has 0 bridgehead atoms. The van der Waals surface area contributed by atoms with Crippen molar-refractivity contribution in [2.75, 3.05) is 17.2 Å². The molecule has 1 saturated carbocycles. The first-order valence-electron chi connectivity index (χ1n) is 9.81. The fraction of sp³-hybridized carbons (Fsp3) is 0.333. The highest BCUT2D eigenvalue weighted by Gasteiger charge is 2.17. The van der Waals surface area contributed by atoms with Crippen molar-refractivity contribution in [3.8, 4) is 11.5 Å². The van der Waals surface area contributed by atoms with Crippen LogP contribution in [-0.4, -0.2) is 29.4 Å². The standard InChI is InChI=1S/C21H22F2N4O3/c22-20(23)30-18-8-4-3-7-16(18)24-21(28)25-19-15-10-9-14(11-17(15)26-27-19)29-12-13-5-1-2-6-13/h3-4,7-11,13,20H,1-2,5-6,12H2,(H3,24,25,26,27,28). The van der Waals surface area contributed by atoms with Crippen LogP contribution in [0.4, 0.5) is 25.1 Å². The average molecular weight is 416 g/mol. The smallest absolute Gasteiger partial charge is 0.387 e. The van der Waals surface area contributed by atoms with Gasteiger partial charge in [0.05, 0.1) is 17.8 Å². The van der Waals surface area contributed by atoms with Crippen LogP contribution in [0.1, 0.15) is 25.7 Å². The van der Waals surface area contributed by atoms with Gasteiger partial charge in [0.1, 0.15) is 11.5 Å². The Labute approximate surface area is 171 Å². The summed E-state index contributed by atoms with van der Waals surface area (Å²) in [5.41, 5.74) is 0.841. The number of H-pyrrole nitrogens is 1. The molecule has 1 aliphatic rings. The van der Waals surface area contributed by atoms with Crippen LogP contribution in [0.2, 0.25) is 0 Å². The van der Waals surface area contributed by atoms with E-state index in [-0.39, 0.29) is 11.4 Å². The Morgan fingerprint density at radius 1 is 1.17 bits per heavy atom. The maximum absolute atomic E-state index is 12.5. The van der Waals surface area contributed by atoms with Crippen molar-refractivity contribution in [3.63, 3.8) is 0 Å². The minimum atomic E-state index is -2.99. The van der Waals surface area contributed by atoms with E-state index in [4.69, 9.17) is 4.74 Å². The fourth-order valence-electron chi connectivity index (χ4n) is 3.60. The molecule has 1 fully saturated rings. The monoisotopic (exact) mass is 416 g/mol. The number of fused-ring (bicyclic) bond motifs is 1. The molecule has 0 spiro atoms. The summed E-state index contributed by atoms with van der Waals surface area (Å²) in [7, 11) is 0. The van der Waals surface area contributed by atoms with Crippen molar-refractivity contribution in [1.29, 1.82) is 0 Å². The Kier molecular flexibility index (Phi) is 5.97. The number of nitrogens with zero attached hydrogens (tertiary/aromatic N) is 1. The largest absolute Gasteiger partial charge is 0.493 e. The van der Waals surface area contributed by atoms with Gasteiger partial charge in [-0.2, -0.15) is 13.9 Å². The van der Waals surface area contributed by atoms with Gasteiger partial charge in [0.25, 0.3) is 0 Å². The highest BCUT2D eigenvalue weighted by molar-refractivity contribution is 6.05. The number of alkyl halides is 2. The number of anilines is 2. The van der Waals surface area contributed by atoms with Gasteiger partial charge in [-0.1, -0.05) is 25.0 Å². The Bertz CT molecular complexity index is 1020. The first kappa shape index (κ1) is 19.9. The second-order valence-electron chi connectivity index (χ2n) is 7.19. The minimum Gasteiger partial charge on any atom is -0.493 e. The molecule has 1 aromatic heterocycles. The second-order valence-corrected chi connectivity index (χ2v) is 7.19. The van der Waals surface area contributed by atoms with Gasteiger partial charge in [-0.25, -0.2) is 4.79 Å². The normalized spacial score (nSPS) is 14.2. The van der Waals surface area contributed by atoms with Crippen LogP contribution < -0.4 is 20.1 Å². The quantitative estimate of drug-likeness (QED) is 0.483. The van der Waals surface area contributed by atoms with Crippen molar-refractivity contribution in [3.05, 3.63) is 42.5 Å². The van der Waals surface area contributed by atoms with Crippen LogP contribution in [0.15, 0.2) is 42.5 Å². The fourth-order valence-corrected chi connectivity index (χ4v) is 3.60. The molecule has 2 aromatic carbocycles. The summed E-state index contributed by atoms with van der Waals surface area (Å²) in [4.78, 5) is 12.3. The molecule has 1 heterocycles. The Hall–Kier alpha value is -3.36. The molecule has 2 amide bonds. The van der Waals surface area contributed by atoms with Crippen LogP contribution in [0, 0.1) is 5.92 Å². The molecule has 0 saturated heterocycles. The number of amides is 2. The van der Waals surface area contributed by atoms with Crippen molar-refractivity contribution >= 4 is 28.4 Å². The third kappa shape index (κ3) is 4.79. The van der Waals surface area contributed by atoms with E-state index in [1.54, 1.807) is 6.07 Å². The van der Waals surface area contributed by atoms with E-state index < -0.39 is 12.6 Å². The Balaban J connectivity index is 1.40. The van der Waals surface area contributed by atoms with Gasteiger partial charge in [0, 0.05) is 11.5 Å². The molecular formula is C21H22F2N4O3. The topological polar surface area (TPSA) is 88.3 Å². The highest BCUT2D eigenvalue weighted by atomic mass is 19.3. The van der Waals surface area contributed by atoms with Crippen LogP contribution in [0.25, 0.3) is 10.9 Å². The summed E-state index contributed by atoms with van der Waals surface area (Å²) in [6, 6.07) is 10.8. The van der Waals surface area contributed by atoms with Crippen molar-refractivity contribution in [2.45, 2.75) is 32.3 Å². The van der Waals surface area contributed by atoms with E-state index in [9.17, 15) is 13.6 Å². The maximum Gasteiger partial charge on any atom is 0.387 e. The number of benzene rings is 2. The molecule has 4 rings (SSSR count). The number of carbonyl (C=O) groups excluding carboxylic acids is 1. The number of para-hydroxylation sites is 2. The maximum atomic E-state index is 12.5. The summed E-state index contributed by atoms with van der Waals surface area (Å²) < 4.78 is 35.3. The summed E-state index contributed by atoms with van der Waals surface area (Å²) in [6.07, 6.45) is 4.95. The van der Waals surface area contributed by atoms with Gasteiger partial charge in [-0.15, -0.1) is 0 Å². The molecular weight excluding hydrogens is 394 g/mol. The van der Waals surface area contributed by atoms with Crippen molar-refractivity contribution in [2.24, 2.45) is 5.92 Å². The third-order valence-corrected chi connectivity index (χ3v) is 5.08. The van der Waals surface area contributed by atoms with E-state index in [0.717, 1.165) is 11.3 Å². The lowest BCUT2D eigenvalue weighted by atomic mass is 10.1. The molecule has 158 valence electrons. The van der Waals surface area contributed by atoms with Gasteiger partial charge in [0.15, 0.2) is 5.82 Å². The lowest BCUT2D eigenvalue weighted by Crippen LogP contribution is -2.20. The zero-order chi connectivity index (χ0) is 20.9. The molecule has 0 unspecified atom stereocenters. The van der Waals surface area contributed by atoms with Crippen LogP contribution in [0.3, 0.4) is 0 Å². The second kappa shape index (κ2) is 8.98. The number of aromatic nitrogens is 2. The molecule has 9 heteroatoms. The van der Waals surface area contributed by atoms with Gasteiger partial charge in [-0.05, 0) is 43.0 Å². The predicted octanol–water partition coefficient (Wildman–Crippen LogP) is 5.38. The molecule has 0 aliphatic heterocycles. The molecule has 30 heavy (non-hydrogen) atoms. The van der Waals surface area contributed by atoms with E-state index in [0.29, 0.717) is 23.7 Å². The summed E-state index contributed by atoms with van der Waals surface area (Å²) in [6.45, 7) is -2.29. The number of urea groups is 1. The minimum absolute atomic E-state index is 0.123. The molecule has 1 aliphatic carbocycles. The predicted molar refractivity (Wildman–Crippen MR) is 109 cm³/mol. The van der Waals surface area contributed by atoms with Crippen LogP contribution in [0.5, 0.6) is 11.5 Å². The highest BCUT2D eigenvalue weighted by Crippen LogP contribution is 2.29. The van der Waals surface area contributed by atoms with E-state index in [2.05, 4.69) is 25.6 Å². The Morgan fingerprint density at radius 2 is 1.97 bits per heavy atom. The van der Waals surface area contributed by atoms with E-state index >= 15 is 0 Å². The average Bonchev–Trinajstić information content (AvgIpc) is 3.37. The van der Waals surface area contributed by atoms with Crippen molar-refractivity contribution in [1.82, 2.24) is 10.2 Å². The zero-order valence-electron chi connectivity index (χ0n) is 16.2. The zero-order valence-corrected chi connectivity index (χ0v) is 16.2. The van der Waals surface area contributed by atoms with Gasteiger partial charge in [0.2, 0.25) is 0 Å². The SMILES string of the molecule is O=C(Nc1ccccc1OC(F)F)Nc1n[nH]c2cc(OCC3CCCC3)ccc12. The van der Waals surface area contributed by atoms with Gasteiger partial charge >= 0.3 is 12.6 Å². The van der Waals surface area contributed by atoms with Gasteiger partial charge in [-0.3, -0.25) is 10.4 Å². The molecule has 3 aromatic rings. The number of halogens is 2. The lowest BCUT2D eigenvalue weighted by Gasteiger charge is -2.12. The molecule has 0 radical (unpaired) electrons. The summed E-state index contributed by atoms with van der Waals surface area (Å²) in [5, 5.41) is 12.8. The third-order valence-electron chi connectivity index (χ3n) is 5.08. The summed E-state index contributed by atoms with van der Waals surface area (Å²) in [5.74, 6) is 1.54. The number of aromatic amines is 1. The number of hydrogen-bond acceptors (Lipinski definition) is 4. The van der Waals surface area contributed by atoms with Crippen molar-refractivity contribution < 1.29 is 23.0 Å². The first-order valence-corrected chi connectivity index (χ1v) is 9.81. The molecule has 0 atom stereocenters. The number of rotatable bonds is 7. The van der Waals surface area contributed by atoms with Gasteiger partial charge < -0.3 is 14.8 Å². The van der Waals surface area contributed by atoms with Crippen LogP contribution >= 0.6 is 0 Å². The molecule has 3 N–H and O–H groups in total. The summed E-state index contributed by atoms with van der Waals surface area (Å²) >= 11 is 0. The Morgan fingerprint density at radius 3 is 2.77 bits per heavy atom. The first-order chi connectivity index (χ1) is 14.6. The number of carbonyl (C=O) groups is 1. The van der Waals surface area contributed by atoms with E-state index in [1.165, 1.54) is 43.9 Å². The van der Waals surface area contributed by atoms with Crippen LogP contribution in [-0.2, 0) is 0 Å². The molecule has 7 nitrogen and oxygen atoms in total. The number of hydrogen-bond donors (Lipinski definition) is 3. The number of ether oxygens (including phenoxy) is 2.